The lowest BCUT2D eigenvalue weighted by Crippen LogP contribution is -2.54. The highest BCUT2D eigenvalue weighted by Crippen LogP contribution is 2.28. The molecule has 7 nitrogen and oxygen atoms in total. The average Bonchev–Trinajstić information content (AvgIpc) is 3.03. The highest BCUT2D eigenvalue weighted by molar-refractivity contribution is 5.77. The van der Waals surface area contributed by atoms with Crippen LogP contribution in [0.15, 0.2) is 0 Å². The van der Waals surface area contributed by atoms with E-state index in [1.54, 1.807) is 11.9 Å². The summed E-state index contributed by atoms with van der Waals surface area (Å²) in [6, 6.07) is -0.507. The normalized spacial score (nSPS) is 36.1. The number of aliphatic carboxylic acids is 1. The predicted octanol–water partition coefficient (Wildman–Crippen LogP) is 0.00100. The van der Waals surface area contributed by atoms with E-state index in [0.29, 0.717) is 13.1 Å². The number of morpholine rings is 1. The first kappa shape index (κ1) is 13.6. The van der Waals surface area contributed by atoms with Crippen molar-refractivity contribution in [1.29, 1.82) is 0 Å². The van der Waals surface area contributed by atoms with Gasteiger partial charge in [0.25, 0.3) is 0 Å². The minimum absolute atomic E-state index is 0.119. The smallest absolute Gasteiger partial charge is 0.320 e. The number of rotatable bonds is 2. The second-order valence-corrected chi connectivity index (χ2v) is 5.81. The van der Waals surface area contributed by atoms with Crippen molar-refractivity contribution < 1.29 is 24.2 Å². The van der Waals surface area contributed by atoms with Gasteiger partial charge in [-0.2, -0.15) is 0 Å². The molecule has 7 heteroatoms. The van der Waals surface area contributed by atoms with E-state index in [9.17, 15) is 9.59 Å². The number of fused-ring (bicyclic) bond motifs is 2. The minimum Gasteiger partial charge on any atom is -0.481 e. The Morgan fingerprint density at radius 3 is 2.45 bits per heavy atom. The molecule has 3 heterocycles. The molecular formula is C13H20N2O5. The number of ether oxygens (including phenoxy) is 2. The van der Waals surface area contributed by atoms with E-state index in [1.165, 1.54) is 4.90 Å². The zero-order valence-electron chi connectivity index (χ0n) is 11.5. The van der Waals surface area contributed by atoms with Crippen LogP contribution in [-0.4, -0.2) is 78.5 Å². The van der Waals surface area contributed by atoms with E-state index in [2.05, 4.69) is 0 Å². The molecule has 0 spiro atoms. The summed E-state index contributed by atoms with van der Waals surface area (Å²) in [7, 11) is 1.66. The van der Waals surface area contributed by atoms with Crippen molar-refractivity contribution in [3.8, 4) is 0 Å². The van der Waals surface area contributed by atoms with Crippen LogP contribution >= 0.6 is 0 Å². The number of hydrogen-bond donors (Lipinski definition) is 1. The molecule has 3 fully saturated rings. The molecule has 0 aromatic heterocycles. The van der Waals surface area contributed by atoms with Crippen molar-refractivity contribution in [2.24, 2.45) is 5.92 Å². The fourth-order valence-electron chi connectivity index (χ4n) is 3.30. The summed E-state index contributed by atoms with van der Waals surface area (Å²) in [4.78, 5) is 27.0. The molecule has 112 valence electrons. The van der Waals surface area contributed by atoms with Crippen molar-refractivity contribution >= 4 is 12.0 Å². The van der Waals surface area contributed by atoms with Gasteiger partial charge in [-0.25, -0.2) is 4.79 Å². The van der Waals surface area contributed by atoms with Crippen LogP contribution < -0.4 is 0 Å². The summed E-state index contributed by atoms with van der Waals surface area (Å²) in [6.07, 6.45) is 2.28. The molecule has 2 bridgehead atoms. The van der Waals surface area contributed by atoms with E-state index in [1.807, 2.05) is 0 Å². The van der Waals surface area contributed by atoms with Gasteiger partial charge in [-0.1, -0.05) is 0 Å². The monoisotopic (exact) mass is 284 g/mol. The number of likely N-dealkylation sites (tertiary alicyclic amines) is 1. The molecule has 3 aliphatic rings. The Morgan fingerprint density at radius 1 is 1.20 bits per heavy atom. The van der Waals surface area contributed by atoms with Crippen LogP contribution in [0, 0.1) is 5.92 Å². The average molecular weight is 284 g/mol. The van der Waals surface area contributed by atoms with Crippen LogP contribution in [-0.2, 0) is 14.3 Å². The zero-order chi connectivity index (χ0) is 14.3. The molecule has 0 radical (unpaired) electrons. The number of carboxylic acid groups (broad SMARTS) is 1. The Kier molecular flexibility index (Phi) is 3.55. The third kappa shape index (κ3) is 2.35. The van der Waals surface area contributed by atoms with Gasteiger partial charge in [-0.15, -0.1) is 0 Å². The molecule has 0 saturated carbocycles. The van der Waals surface area contributed by atoms with Crippen LogP contribution in [0.5, 0.6) is 0 Å². The number of hydrogen-bond acceptors (Lipinski definition) is 4. The van der Waals surface area contributed by atoms with Gasteiger partial charge in [0, 0.05) is 20.1 Å². The van der Waals surface area contributed by atoms with Gasteiger partial charge in [0.1, 0.15) is 5.92 Å². The maximum Gasteiger partial charge on any atom is 0.320 e. The van der Waals surface area contributed by atoms with Gasteiger partial charge in [-0.3, -0.25) is 4.79 Å². The van der Waals surface area contributed by atoms with Crippen LogP contribution in [0.2, 0.25) is 0 Å². The largest absolute Gasteiger partial charge is 0.481 e. The molecule has 0 aromatic carbocycles. The minimum atomic E-state index is -0.908. The maximum absolute atomic E-state index is 12.5. The van der Waals surface area contributed by atoms with Crippen LogP contribution in [0.25, 0.3) is 0 Å². The molecule has 20 heavy (non-hydrogen) atoms. The van der Waals surface area contributed by atoms with Crippen LogP contribution in [0.1, 0.15) is 12.8 Å². The maximum atomic E-state index is 12.5. The van der Waals surface area contributed by atoms with Gasteiger partial charge in [0.15, 0.2) is 0 Å². The molecule has 1 N–H and O–H groups in total. The fourth-order valence-corrected chi connectivity index (χ4v) is 3.30. The van der Waals surface area contributed by atoms with E-state index in [0.717, 1.165) is 12.8 Å². The number of nitrogens with zero attached hydrogens (tertiary/aromatic N) is 2. The summed E-state index contributed by atoms with van der Waals surface area (Å²) in [5, 5.41) is 9.17. The molecule has 4 unspecified atom stereocenters. The zero-order valence-corrected chi connectivity index (χ0v) is 11.5. The van der Waals surface area contributed by atoms with Gasteiger partial charge < -0.3 is 24.4 Å². The Morgan fingerprint density at radius 2 is 1.85 bits per heavy atom. The van der Waals surface area contributed by atoms with Crippen LogP contribution in [0.4, 0.5) is 4.79 Å². The molecule has 0 aliphatic carbocycles. The van der Waals surface area contributed by atoms with Crippen molar-refractivity contribution in [1.82, 2.24) is 9.80 Å². The topological polar surface area (TPSA) is 79.3 Å². The van der Waals surface area contributed by atoms with Crippen molar-refractivity contribution in [3.05, 3.63) is 0 Å². The number of carbonyl (C=O) groups excluding carboxylic acids is 1. The van der Waals surface area contributed by atoms with Crippen molar-refractivity contribution in [3.63, 3.8) is 0 Å². The number of carboxylic acids is 1. The van der Waals surface area contributed by atoms with E-state index >= 15 is 0 Å². The van der Waals surface area contributed by atoms with Crippen molar-refractivity contribution in [2.75, 3.05) is 33.4 Å². The lowest BCUT2D eigenvalue weighted by Gasteiger charge is -2.37. The SMILES string of the molecule is CN(C(=O)N1CC2CCC(C1)O2)C1COCC1C(=O)O. The Bertz CT molecular complexity index is 404. The Labute approximate surface area is 117 Å². The Balaban J connectivity index is 1.66. The highest BCUT2D eigenvalue weighted by Gasteiger charge is 2.42. The molecular weight excluding hydrogens is 264 g/mol. The second kappa shape index (κ2) is 5.21. The van der Waals surface area contributed by atoms with Gasteiger partial charge in [0.05, 0.1) is 31.5 Å². The summed E-state index contributed by atoms with van der Waals surface area (Å²) < 4.78 is 10.9. The van der Waals surface area contributed by atoms with Crippen molar-refractivity contribution in [2.45, 2.75) is 31.1 Å². The molecule has 2 amide bonds. The summed E-state index contributed by atoms with van der Waals surface area (Å²) >= 11 is 0. The fraction of sp³-hybridized carbons (Fsp3) is 0.846. The first-order chi connectivity index (χ1) is 9.56. The summed E-state index contributed by atoms with van der Waals surface area (Å²) in [6.45, 7) is 1.67. The summed E-state index contributed by atoms with van der Waals surface area (Å²) in [5.41, 5.74) is 0. The third-order valence-electron chi connectivity index (χ3n) is 4.48. The lowest BCUT2D eigenvalue weighted by molar-refractivity contribution is -0.142. The molecule has 3 rings (SSSR count). The second-order valence-electron chi connectivity index (χ2n) is 5.81. The number of amides is 2. The van der Waals surface area contributed by atoms with E-state index < -0.39 is 11.9 Å². The van der Waals surface area contributed by atoms with Crippen LogP contribution in [0.3, 0.4) is 0 Å². The number of likely N-dealkylation sites (N-methyl/N-ethyl adjacent to an activating group) is 1. The Hall–Kier alpha value is -1.34. The molecule has 3 aliphatic heterocycles. The van der Waals surface area contributed by atoms with Gasteiger partial charge >= 0.3 is 12.0 Å². The quantitative estimate of drug-likeness (QED) is 0.772. The summed E-state index contributed by atoms with van der Waals surface area (Å²) in [5.74, 6) is -1.55. The third-order valence-corrected chi connectivity index (χ3v) is 4.48. The predicted molar refractivity (Wildman–Crippen MR) is 68.4 cm³/mol. The first-order valence-electron chi connectivity index (χ1n) is 7.04. The molecule has 0 aromatic rings. The number of carbonyl (C=O) groups is 2. The van der Waals surface area contributed by atoms with E-state index in [-0.39, 0.29) is 37.5 Å². The lowest BCUT2D eigenvalue weighted by atomic mass is 10.0. The standard InChI is InChI=1S/C13H20N2O5/c1-14(11-7-19-6-10(11)12(16)17)13(18)15-4-8-2-3-9(5-15)20-8/h8-11H,2-7H2,1H3,(H,16,17). The van der Waals surface area contributed by atoms with Gasteiger partial charge in [-0.05, 0) is 12.8 Å². The highest BCUT2D eigenvalue weighted by atomic mass is 16.5. The van der Waals surface area contributed by atoms with E-state index in [4.69, 9.17) is 14.6 Å². The van der Waals surface area contributed by atoms with Gasteiger partial charge in [0.2, 0.25) is 0 Å². The molecule has 4 atom stereocenters. The molecule has 3 saturated heterocycles. The number of urea groups is 1. The first-order valence-corrected chi connectivity index (χ1v) is 7.04.